The highest BCUT2D eigenvalue weighted by molar-refractivity contribution is 5.83. The molecule has 196 valence electrons. The minimum atomic E-state index is -0.807. The van der Waals surface area contributed by atoms with Crippen LogP contribution in [0.3, 0.4) is 0 Å². The Morgan fingerprint density at radius 2 is 1.95 bits per heavy atom. The van der Waals surface area contributed by atoms with Crippen LogP contribution in [0.4, 0.5) is 10.6 Å². The zero-order valence-electron chi connectivity index (χ0n) is 21.3. The lowest BCUT2D eigenvalue weighted by atomic mass is 10.2. The first kappa shape index (κ1) is 24.8. The summed E-state index contributed by atoms with van der Waals surface area (Å²) in [5, 5.41) is 0. The van der Waals surface area contributed by atoms with Crippen molar-refractivity contribution in [1.29, 1.82) is 0 Å². The fourth-order valence-electron chi connectivity index (χ4n) is 4.33. The van der Waals surface area contributed by atoms with Gasteiger partial charge in [0.05, 0.1) is 0 Å². The Morgan fingerprint density at radius 3 is 2.73 bits per heavy atom. The van der Waals surface area contributed by atoms with Crippen LogP contribution in [0.25, 0.3) is 17.0 Å². The van der Waals surface area contributed by atoms with E-state index < -0.39 is 11.9 Å². The highest BCUT2D eigenvalue weighted by Crippen LogP contribution is 2.43. The number of aromatic nitrogens is 4. The maximum atomic E-state index is 12.4. The zero-order chi connectivity index (χ0) is 26.2. The number of nitrogens with zero attached hydrogens (tertiary/aromatic N) is 6. The van der Waals surface area contributed by atoms with Crippen molar-refractivity contribution in [2.75, 3.05) is 39.5 Å². The number of amides is 1. The van der Waals surface area contributed by atoms with Crippen LogP contribution in [0, 0.1) is 0 Å². The van der Waals surface area contributed by atoms with Gasteiger partial charge in [0.2, 0.25) is 11.7 Å². The van der Waals surface area contributed by atoms with Gasteiger partial charge in [-0.1, -0.05) is 30.3 Å². The fourth-order valence-corrected chi connectivity index (χ4v) is 4.33. The van der Waals surface area contributed by atoms with Gasteiger partial charge in [0.25, 0.3) is 0 Å². The van der Waals surface area contributed by atoms with E-state index in [2.05, 4.69) is 19.9 Å². The zero-order valence-corrected chi connectivity index (χ0v) is 21.3. The molecule has 12 nitrogen and oxygen atoms in total. The van der Waals surface area contributed by atoms with Crippen LogP contribution in [0.1, 0.15) is 19.4 Å². The summed E-state index contributed by atoms with van der Waals surface area (Å²) in [6.45, 7) is 5.59. The van der Waals surface area contributed by atoms with Crippen LogP contribution < -0.4 is 5.73 Å². The predicted molar refractivity (Wildman–Crippen MR) is 135 cm³/mol. The molecule has 2 aromatic heterocycles. The molecule has 1 saturated heterocycles. The second kappa shape index (κ2) is 9.87. The summed E-state index contributed by atoms with van der Waals surface area (Å²) in [5.41, 5.74) is 7.90. The Hall–Kier alpha value is -3.90. The second-order valence-corrected chi connectivity index (χ2v) is 9.64. The van der Waals surface area contributed by atoms with E-state index in [4.69, 9.17) is 24.7 Å². The molecule has 0 saturated carbocycles. The molecule has 2 aliphatic rings. The molecule has 2 aliphatic heterocycles. The molecule has 1 aromatic carbocycles. The highest BCUT2D eigenvalue weighted by Gasteiger charge is 2.51. The topological polar surface area (TPSA) is 130 Å². The number of hydrogen-bond acceptors (Lipinski definition) is 10. The summed E-state index contributed by atoms with van der Waals surface area (Å²) < 4.78 is 25.7. The molecule has 2 atom stereocenters. The SMILES string of the molecule is CN(CCN(C)C(=O)OCc1ccccc1)C[C@H]1OC(n2cnc3c(N)ncnc32)=C2OC(C)(C)O[C@@H]21. The van der Waals surface area contributed by atoms with E-state index in [1.54, 1.807) is 22.8 Å². The number of rotatable bonds is 8. The van der Waals surface area contributed by atoms with Crippen molar-refractivity contribution in [2.24, 2.45) is 0 Å². The van der Waals surface area contributed by atoms with Crippen LogP contribution >= 0.6 is 0 Å². The van der Waals surface area contributed by atoms with Crippen molar-refractivity contribution in [3.8, 4) is 0 Å². The first-order chi connectivity index (χ1) is 17.7. The summed E-state index contributed by atoms with van der Waals surface area (Å²) in [6, 6.07) is 9.59. The number of ether oxygens (including phenoxy) is 4. The van der Waals surface area contributed by atoms with Gasteiger partial charge in [0.1, 0.15) is 25.4 Å². The van der Waals surface area contributed by atoms with Crippen molar-refractivity contribution < 1.29 is 23.7 Å². The minimum Gasteiger partial charge on any atom is -0.468 e. The number of hydrogen-bond donors (Lipinski definition) is 1. The second-order valence-electron chi connectivity index (χ2n) is 9.64. The largest absolute Gasteiger partial charge is 0.468 e. The van der Waals surface area contributed by atoms with E-state index in [0.29, 0.717) is 42.4 Å². The number of fused-ring (bicyclic) bond motifs is 2. The Kier molecular flexibility index (Phi) is 6.61. The summed E-state index contributed by atoms with van der Waals surface area (Å²) in [7, 11) is 3.69. The van der Waals surface area contributed by atoms with E-state index in [-0.39, 0.29) is 24.6 Å². The van der Waals surface area contributed by atoms with Gasteiger partial charge in [-0.25, -0.2) is 24.3 Å². The Labute approximate surface area is 214 Å². The van der Waals surface area contributed by atoms with Gasteiger partial charge in [0, 0.05) is 40.5 Å². The molecule has 0 bridgehead atoms. The monoisotopic (exact) mass is 509 g/mol. The van der Waals surface area contributed by atoms with E-state index in [1.807, 2.05) is 51.2 Å². The molecule has 4 heterocycles. The third-order valence-electron chi connectivity index (χ3n) is 6.24. The van der Waals surface area contributed by atoms with E-state index in [1.165, 1.54) is 6.33 Å². The van der Waals surface area contributed by atoms with Gasteiger partial charge in [-0.15, -0.1) is 0 Å². The normalized spacial score (nSPS) is 20.1. The van der Waals surface area contributed by atoms with E-state index in [0.717, 1.165) is 5.56 Å². The Morgan fingerprint density at radius 1 is 1.16 bits per heavy atom. The van der Waals surface area contributed by atoms with Crippen molar-refractivity contribution in [3.05, 3.63) is 54.3 Å². The van der Waals surface area contributed by atoms with Crippen LogP contribution in [-0.2, 0) is 25.6 Å². The molecule has 3 aromatic rings. The smallest absolute Gasteiger partial charge is 0.409 e. The first-order valence-electron chi connectivity index (χ1n) is 12.0. The summed E-state index contributed by atoms with van der Waals surface area (Å²) in [6.07, 6.45) is 1.85. The Balaban J connectivity index is 1.21. The molecular formula is C25H31N7O5. The average Bonchev–Trinajstić information content (AvgIpc) is 3.53. The number of anilines is 1. The molecular weight excluding hydrogens is 478 g/mol. The molecule has 12 heteroatoms. The number of nitrogen functional groups attached to an aromatic ring is 1. The van der Waals surface area contributed by atoms with Gasteiger partial charge in [-0.3, -0.25) is 0 Å². The highest BCUT2D eigenvalue weighted by atomic mass is 16.8. The predicted octanol–water partition coefficient (Wildman–Crippen LogP) is 2.29. The third kappa shape index (κ3) is 5.16. The molecule has 0 radical (unpaired) electrons. The molecule has 0 unspecified atom stereocenters. The summed E-state index contributed by atoms with van der Waals surface area (Å²) in [5.74, 6) is 0.534. The summed E-state index contributed by atoms with van der Waals surface area (Å²) in [4.78, 5) is 28.7. The molecule has 0 spiro atoms. The third-order valence-corrected chi connectivity index (χ3v) is 6.24. The lowest BCUT2D eigenvalue weighted by Gasteiger charge is -2.27. The van der Waals surface area contributed by atoms with Crippen molar-refractivity contribution in [3.63, 3.8) is 0 Å². The van der Waals surface area contributed by atoms with Gasteiger partial charge in [0.15, 0.2) is 28.8 Å². The number of imidazole rings is 1. The van der Waals surface area contributed by atoms with Crippen LogP contribution in [0.5, 0.6) is 0 Å². The molecule has 1 fully saturated rings. The standard InChI is InChI=1S/C25H31N7O5/c1-25(2)36-19-17(12-30(3)10-11-31(4)24(33)34-13-16-8-6-5-7-9-16)35-23(20(19)37-25)32-15-29-18-21(26)27-14-28-22(18)32/h5-9,14-15,17,19H,10-13H2,1-4H3,(H2,26,27,28)/t17-,19-/m1/s1. The maximum absolute atomic E-state index is 12.4. The first-order valence-corrected chi connectivity index (χ1v) is 12.0. The maximum Gasteiger partial charge on any atom is 0.409 e. The minimum absolute atomic E-state index is 0.237. The average molecular weight is 510 g/mol. The molecule has 1 amide bonds. The number of carbonyl (C=O) groups excluding carboxylic acids is 1. The number of likely N-dealkylation sites (N-methyl/N-ethyl adjacent to an activating group) is 2. The molecule has 37 heavy (non-hydrogen) atoms. The number of carbonyl (C=O) groups is 1. The molecule has 0 aliphatic carbocycles. The number of nitrogens with two attached hydrogens (primary N) is 1. The molecule has 2 N–H and O–H groups in total. The number of benzene rings is 1. The van der Waals surface area contributed by atoms with Crippen molar-refractivity contribution in [2.45, 2.75) is 38.4 Å². The molecule has 5 rings (SSSR count). The van der Waals surface area contributed by atoms with Gasteiger partial charge < -0.3 is 34.5 Å². The van der Waals surface area contributed by atoms with Gasteiger partial charge in [-0.2, -0.15) is 0 Å². The fraction of sp³-hybridized carbons (Fsp3) is 0.440. The summed E-state index contributed by atoms with van der Waals surface area (Å²) >= 11 is 0. The van der Waals surface area contributed by atoms with E-state index in [9.17, 15) is 4.79 Å². The quantitative estimate of drug-likeness (QED) is 0.483. The lowest BCUT2D eigenvalue weighted by molar-refractivity contribution is -0.153. The van der Waals surface area contributed by atoms with Crippen LogP contribution in [-0.4, -0.2) is 87.1 Å². The lowest BCUT2D eigenvalue weighted by Crippen LogP contribution is -2.41. The van der Waals surface area contributed by atoms with Crippen molar-refractivity contribution in [1.82, 2.24) is 29.3 Å². The van der Waals surface area contributed by atoms with Gasteiger partial charge >= 0.3 is 6.09 Å². The van der Waals surface area contributed by atoms with Crippen LogP contribution in [0.15, 0.2) is 48.7 Å². The van der Waals surface area contributed by atoms with Crippen LogP contribution in [0.2, 0.25) is 0 Å². The van der Waals surface area contributed by atoms with Gasteiger partial charge in [-0.05, 0) is 12.6 Å². The Bertz CT molecular complexity index is 1310. The van der Waals surface area contributed by atoms with Crippen molar-refractivity contribution >= 4 is 29.0 Å². The van der Waals surface area contributed by atoms with E-state index >= 15 is 0 Å².